The van der Waals surface area contributed by atoms with E-state index in [0.29, 0.717) is 16.7 Å². The van der Waals surface area contributed by atoms with Gasteiger partial charge in [0.1, 0.15) is 5.69 Å². The molecule has 0 aliphatic heterocycles. The van der Waals surface area contributed by atoms with Crippen LogP contribution in [-0.2, 0) is 0 Å². The highest BCUT2D eigenvalue weighted by atomic mass is 32.1. The molecular weight excluding hydrogens is 222 g/mol. The number of amides is 1. The highest BCUT2D eigenvalue weighted by Gasteiger charge is 2.23. The lowest BCUT2D eigenvalue weighted by molar-refractivity contribution is 0.0940. The van der Waals surface area contributed by atoms with Crippen molar-refractivity contribution in [2.45, 2.75) is 26.2 Å². The Morgan fingerprint density at radius 2 is 2.50 bits per heavy atom. The summed E-state index contributed by atoms with van der Waals surface area (Å²) in [5.41, 5.74) is 5.92. The predicted octanol–water partition coefficient (Wildman–Crippen LogP) is 1.89. The molecule has 1 saturated carbocycles. The second-order valence-corrected chi connectivity index (χ2v) is 5.34. The Bertz CT molecular complexity index is 377. The van der Waals surface area contributed by atoms with Crippen molar-refractivity contribution in [3.05, 3.63) is 11.1 Å². The quantitative estimate of drug-likeness (QED) is 0.846. The lowest BCUT2D eigenvalue weighted by Crippen LogP contribution is -2.30. The number of hydrogen-bond acceptors (Lipinski definition) is 4. The van der Waals surface area contributed by atoms with Crippen molar-refractivity contribution in [1.29, 1.82) is 0 Å². The van der Waals surface area contributed by atoms with Crippen LogP contribution in [0.25, 0.3) is 0 Å². The smallest absolute Gasteiger partial charge is 0.270 e. The van der Waals surface area contributed by atoms with Gasteiger partial charge in [-0.25, -0.2) is 4.98 Å². The van der Waals surface area contributed by atoms with E-state index in [1.54, 1.807) is 5.38 Å². The zero-order chi connectivity index (χ0) is 11.5. The Morgan fingerprint density at radius 1 is 1.69 bits per heavy atom. The summed E-state index contributed by atoms with van der Waals surface area (Å²) in [6, 6.07) is 0. The van der Waals surface area contributed by atoms with Crippen molar-refractivity contribution in [3.8, 4) is 0 Å². The number of thiazole rings is 1. The highest BCUT2D eigenvalue weighted by molar-refractivity contribution is 7.13. The van der Waals surface area contributed by atoms with Gasteiger partial charge in [0.15, 0.2) is 5.13 Å². The molecule has 1 heterocycles. The third-order valence-corrected chi connectivity index (χ3v) is 3.99. The molecule has 1 aliphatic rings. The standard InChI is InChI=1S/C11H17N3OS/c1-7-3-2-4-8(7)5-13-10(15)9-6-16-11(12)14-9/h6-8H,2-5H2,1H3,(H2,12,14)(H,13,15). The summed E-state index contributed by atoms with van der Waals surface area (Å²) in [5, 5.41) is 5.08. The van der Waals surface area contributed by atoms with Crippen molar-refractivity contribution >= 4 is 22.4 Å². The molecular formula is C11H17N3OS. The maximum Gasteiger partial charge on any atom is 0.270 e. The van der Waals surface area contributed by atoms with Crippen LogP contribution >= 0.6 is 11.3 Å². The van der Waals surface area contributed by atoms with Crippen LogP contribution in [0.4, 0.5) is 5.13 Å². The summed E-state index contributed by atoms with van der Waals surface area (Å²) in [5.74, 6) is 1.24. The zero-order valence-corrected chi connectivity index (χ0v) is 10.2. The number of nitrogens with one attached hydrogen (secondary N) is 1. The maximum absolute atomic E-state index is 11.7. The van der Waals surface area contributed by atoms with Gasteiger partial charge in [-0.3, -0.25) is 4.79 Å². The minimum Gasteiger partial charge on any atom is -0.375 e. The number of carbonyl (C=O) groups is 1. The molecule has 0 spiro atoms. The molecule has 0 saturated heterocycles. The third kappa shape index (κ3) is 2.52. The minimum absolute atomic E-state index is 0.105. The monoisotopic (exact) mass is 239 g/mol. The van der Waals surface area contributed by atoms with E-state index in [-0.39, 0.29) is 5.91 Å². The number of rotatable bonds is 3. The van der Waals surface area contributed by atoms with Gasteiger partial charge in [0.25, 0.3) is 5.91 Å². The molecule has 16 heavy (non-hydrogen) atoms. The molecule has 2 atom stereocenters. The molecule has 5 heteroatoms. The van der Waals surface area contributed by atoms with Crippen molar-refractivity contribution in [2.24, 2.45) is 11.8 Å². The van der Waals surface area contributed by atoms with Gasteiger partial charge in [-0.05, 0) is 18.3 Å². The van der Waals surface area contributed by atoms with Crippen LogP contribution in [0.1, 0.15) is 36.7 Å². The van der Waals surface area contributed by atoms with E-state index in [9.17, 15) is 4.79 Å². The fourth-order valence-electron chi connectivity index (χ4n) is 2.23. The molecule has 0 radical (unpaired) electrons. The summed E-state index contributed by atoms with van der Waals surface area (Å²) in [4.78, 5) is 15.7. The first-order chi connectivity index (χ1) is 7.66. The Hall–Kier alpha value is -1.10. The van der Waals surface area contributed by atoms with E-state index in [1.807, 2.05) is 0 Å². The Kier molecular flexibility index (Phi) is 3.43. The van der Waals surface area contributed by atoms with Gasteiger partial charge in [0, 0.05) is 11.9 Å². The van der Waals surface area contributed by atoms with Gasteiger partial charge in [-0.15, -0.1) is 11.3 Å². The number of anilines is 1. The Morgan fingerprint density at radius 3 is 3.06 bits per heavy atom. The van der Waals surface area contributed by atoms with Gasteiger partial charge < -0.3 is 11.1 Å². The molecule has 1 fully saturated rings. The van der Waals surface area contributed by atoms with E-state index in [0.717, 1.165) is 12.5 Å². The average molecular weight is 239 g/mol. The summed E-state index contributed by atoms with van der Waals surface area (Å²) >= 11 is 1.30. The van der Waals surface area contributed by atoms with Crippen molar-refractivity contribution < 1.29 is 4.79 Å². The number of carbonyl (C=O) groups excluding carboxylic acids is 1. The molecule has 1 amide bonds. The van der Waals surface area contributed by atoms with E-state index < -0.39 is 0 Å². The van der Waals surface area contributed by atoms with Crippen LogP contribution in [0.3, 0.4) is 0 Å². The molecule has 1 aromatic heterocycles. The van der Waals surface area contributed by atoms with E-state index >= 15 is 0 Å². The molecule has 0 bridgehead atoms. The zero-order valence-electron chi connectivity index (χ0n) is 9.40. The van der Waals surface area contributed by atoms with Gasteiger partial charge in [0.05, 0.1) is 0 Å². The van der Waals surface area contributed by atoms with Crippen LogP contribution in [-0.4, -0.2) is 17.4 Å². The average Bonchev–Trinajstić information content (AvgIpc) is 2.84. The number of nitrogens with zero attached hydrogens (tertiary/aromatic N) is 1. The van der Waals surface area contributed by atoms with Crippen molar-refractivity contribution in [2.75, 3.05) is 12.3 Å². The van der Waals surface area contributed by atoms with Crippen molar-refractivity contribution in [3.63, 3.8) is 0 Å². The van der Waals surface area contributed by atoms with Gasteiger partial charge in [-0.2, -0.15) is 0 Å². The third-order valence-electron chi connectivity index (χ3n) is 3.32. The fourth-order valence-corrected chi connectivity index (χ4v) is 2.77. The first-order valence-electron chi connectivity index (χ1n) is 5.66. The fraction of sp³-hybridized carbons (Fsp3) is 0.636. The molecule has 3 N–H and O–H groups in total. The molecule has 1 aromatic rings. The second kappa shape index (κ2) is 4.82. The molecule has 2 unspecified atom stereocenters. The SMILES string of the molecule is CC1CCCC1CNC(=O)c1csc(N)n1. The topological polar surface area (TPSA) is 68.0 Å². The number of aromatic nitrogens is 1. The summed E-state index contributed by atoms with van der Waals surface area (Å²) in [6.45, 7) is 3.02. The largest absolute Gasteiger partial charge is 0.375 e. The molecule has 0 aromatic carbocycles. The van der Waals surface area contributed by atoms with Crippen LogP contribution in [0.5, 0.6) is 0 Å². The van der Waals surface area contributed by atoms with Gasteiger partial charge in [0.2, 0.25) is 0 Å². The van der Waals surface area contributed by atoms with E-state index in [2.05, 4.69) is 17.2 Å². The second-order valence-electron chi connectivity index (χ2n) is 4.45. The molecule has 2 rings (SSSR count). The lowest BCUT2D eigenvalue weighted by atomic mass is 9.98. The summed E-state index contributed by atoms with van der Waals surface area (Å²) < 4.78 is 0. The first-order valence-corrected chi connectivity index (χ1v) is 6.54. The van der Waals surface area contributed by atoms with Crippen LogP contribution < -0.4 is 11.1 Å². The normalized spacial score (nSPS) is 24.6. The minimum atomic E-state index is -0.105. The van der Waals surface area contributed by atoms with Crippen LogP contribution in [0, 0.1) is 11.8 Å². The summed E-state index contributed by atoms with van der Waals surface area (Å²) in [6.07, 6.45) is 3.79. The van der Waals surface area contributed by atoms with Crippen LogP contribution in [0.15, 0.2) is 5.38 Å². The summed E-state index contributed by atoms with van der Waals surface area (Å²) in [7, 11) is 0. The molecule has 1 aliphatic carbocycles. The number of nitrogen functional groups attached to an aromatic ring is 1. The molecule has 4 nitrogen and oxygen atoms in total. The van der Waals surface area contributed by atoms with Crippen LogP contribution in [0.2, 0.25) is 0 Å². The first kappa shape index (κ1) is 11.4. The number of nitrogens with two attached hydrogens (primary N) is 1. The van der Waals surface area contributed by atoms with Gasteiger partial charge in [-0.1, -0.05) is 19.8 Å². The van der Waals surface area contributed by atoms with E-state index in [1.165, 1.54) is 30.6 Å². The predicted molar refractivity (Wildman–Crippen MR) is 65.4 cm³/mol. The maximum atomic E-state index is 11.7. The Labute approximate surface area is 99.3 Å². The molecule has 88 valence electrons. The Balaban J connectivity index is 1.84. The van der Waals surface area contributed by atoms with E-state index in [4.69, 9.17) is 5.73 Å². The highest BCUT2D eigenvalue weighted by Crippen LogP contribution is 2.30. The van der Waals surface area contributed by atoms with Gasteiger partial charge >= 0.3 is 0 Å². The number of hydrogen-bond donors (Lipinski definition) is 2. The lowest BCUT2D eigenvalue weighted by Gasteiger charge is -2.15. The van der Waals surface area contributed by atoms with Crippen molar-refractivity contribution in [1.82, 2.24) is 10.3 Å².